The van der Waals surface area contributed by atoms with Crippen LogP contribution in [-0.4, -0.2) is 31.7 Å². The summed E-state index contributed by atoms with van der Waals surface area (Å²) in [6.45, 7) is 0.598. The molecule has 0 aliphatic carbocycles. The summed E-state index contributed by atoms with van der Waals surface area (Å²) in [6.07, 6.45) is 1.14. The minimum atomic E-state index is -0.491. The zero-order chi connectivity index (χ0) is 13.8. The van der Waals surface area contributed by atoms with Crippen LogP contribution >= 0.6 is 15.9 Å². The summed E-state index contributed by atoms with van der Waals surface area (Å²) < 4.78 is 10.8. The number of ether oxygens (including phenoxy) is 2. The van der Waals surface area contributed by atoms with Gasteiger partial charge in [0.15, 0.2) is 0 Å². The van der Waals surface area contributed by atoms with Gasteiger partial charge in [0.1, 0.15) is 6.10 Å². The van der Waals surface area contributed by atoms with Crippen LogP contribution in [0.2, 0.25) is 0 Å². The number of carbonyl (C=O) groups is 2. The first-order chi connectivity index (χ1) is 9.11. The van der Waals surface area contributed by atoms with Crippen LogP contribution in [0.5, 0.6) is 0 Å². The molecule has 0 aromatic heterocycles. The normalized spacial score (nSPS) is 18.1. The van der Waals surface area contributed by atoms with Crippen LogP contribution < -0.4 is 5.32 Å². The average molecular weight is 328 g/mol. The monoisotopic (exact) mass is 327 g/mol. The van der Waals surface area contributed by atoms with E-state index in [4.69, 9.17) is 4.74 Å². The molecule has 0 radical (unpaired) electrons. The van der Waals surface area contributed by atoms with Crippen LogP contribution in [0, 0.1) is 0 Å². The average Bonchev–Trinajstić information content (AvgIpc) is 2.92. The van der Waals surface area contributed by atoms with Crippen molar-refractivity contribution < 1.29 is 19.1 Å². The maximum Gasteiger partial charge on any atom is 0.339 e. The molecule has 102 valence electrons. The van der Waals surface area contributed by atoms with Gasteiger partial charge in [-0.15, -0.1) is 0 Å². The summed E-state index contributed by atoms with van der Waals surface area (Å²) in [4.78, 5) is 23.6. The van der Waals surface area contributed by atoms with Gasteiger partial charge in [0, 0.05) is 11.1 Å². The molecule has 1 N–H and O–H groups in total. The quantitative estimate of drug-likeness (QED) is 0.865. The van der Waals surface area contributed by atoms with Gasteiger partial charge >= 0.3 is 5.97 Å². The highest BCUT2D eigenvalue weighted by Gasteiger charge is 2.25. The molecule has 19 heavy (non-hydrogen) atoms. The Balaban J connectivity index is 2.20. The number of esters is 1. The maximum atomic E-state index is 12.0. The third kappa shape index (κ3) is 3.33. The van der Waals surface area contributed by atoms with Crippen molar-refractivity contribution >= 4 is 33.5 Å². The fourth-order valence-corrected chi connectivity index (χ4v) is 2.27. The Bertz CT molecular complexity index is 497. The third-order valence-corrected chi connectivity index (χ3v) is 3.36. The molecular formula is C13H14BrNO4. The molecule has 0 saturated carbocycles. The summed E-state index contributed by atoms with van der Waals surface area (Å²) in [5.74, 6) is -0.726. The molecule has 1 aliphatic rings. The maximum absolute atomic E-state index is 12.0. The molecule has 1 saturated heterocycles. The zero-order valence-electron chi connectivity index (χ0n) is 10.4. The summed E-state index contributed by atoms with van der Waals surface area (Å²) in [7, 11) is 1.30. The lowest BCUT2D eigenvalue weighted by molar-refractivity contribution is -0.124. The molecule has 1 aliphatic heterocycles. The van der Waals surface area contributed by atoms with Gasteiger partial charge in [0.25, 0.3) is 5.91 Å². The van der Waals surface area contributed by atoms with Gasteiger partial charge in [0.2, 0.25) is 0 Å². The minimum Gasteiger partial charge on any atom is -0.465 e. The number of nitrogens with one attached hydrogen (secondary N) is 1. The second kappa shape index (κ2) is 6.16. The Morgan fingerprint density at radius 2 is 2.26 bits per heavy atom. The molecule has 1 aromatic carbocycles. The van der Waals surface area contributed by atoms with E-state index in [1.54, 1.807) is 18.2 Å². The van der Waals surface area contributed by atoms with Crippen LogP contribution in [0.25, 0.3) is 0 Å². The number of anilines is 1. The largest absolute Gasteiger partial charge is 0.465 e. The van der Waals surface area contributed by atoms with E-state index >= 15 is 0 Å². The van der Waals surface area contributed by atoms with Gasteiger partial charge in [-0.05, 0) is 31.0 Å². The third-order valence-electron chi connectivity index (χ3n) is 2.87. The number of carbonyl (C=O) groups excluding carboxylic acids is 2. The fourth-order valence-electron chi connectivity index (χ4n) is 1.91. The van der Waals surface area contributed by atoms with Gasteiger partial charge in [-0.25, -0.2) is 4.79 Å². The van der Waals surface area contributed by atoms with E-state index < -0.39 is 12.1 Å². The molecule has 6 heteroatoms. The highest BCUT2D eigenvalue weighted by Crippen LogP contribution is 2.23. The highest BCUT2D eigenvalue weighted by atomic mass is 79.9. The zero-order valence-corrected chi connectivity index (χ0v) is 12.0. The predicted octanol–water partition coefficient (Wildman–Crippen LogP) is 2.35. The first-order valence-electron chi connectivity index (χ1n) is 5.92. The number of hydrogen-bond donors (Lipinski definition) is 1. The van der Waals surface area contributed by atoms with E-state index in [0.29, 0.717) is 24.3 Å². The van der Waals surface area contributed by atoms with Crippen LogP contribution in [0.15, 0.2) is 22.7 Å². The summed E-state index contributed by atoms with van der Waals surface area (Å²) >= 11 is 3.31. The van der Waals surface area contributed by atoms with E-state index in [9.17, 15) is 9.59 Å². The molecule has 0 bridgehead atoms. The Morgan fingerprint density at radius 3 is 2.89 bits per heavy atom. The number of amides is 1. The van der Waals surface area contributed by atoms with Crippen LogP contribution in [0.4, 0.5) is 5.69 Å². The molecular weight excluding hydrogens is 314 g/mol. The Labute approximate surface area is 119 Å². The minimum absolute atomic E-state index is 0.235. The Hall–Kier alpha value is -1.40. The van der Waals surface area contributed by atoms with Crippen molar-refractivity contribution in [2.45, 2.75) is 18.9 Å². The van der Waals surface area contributed by atoms with E-state index in [1.165, 1.54) is 7.11 Å². The van der Waals surface area contributed by atoms with Gasteiger partial charge < -0.3 is 14.8 Å². The first kappa shape index (κ1) is 14.0. The molecule has 2 rings (SSSR count). The van der Waals surface area contributed by atoms with Gasteiger partial charge in [-0.2, -0.15) is 0 Å². The number of hydrogen-bond acceptors (Lipinski definition) is 4. The lowest BCUT2D eigenvalue weighted by Crippen LogP contribution is -2.27. The smallest absolute Gasteiger partial charge is 0.339 e. The first-order valence-corrected chi connectivity index (χ1v) is 6.71. The second-order valence-corrected chi connectivity index (χ2v) is 5.09. The molecule has 5 nitrogen and oxygen atoms in total. The van der Waals surface area contributed by atoms with E-state index in [-0.39, 0.29) is 5.91 Å². The van der Waals surface area contributed by atoms with Gasteiger partial charge in [-0.1, -0.05) is 15.9 Å². The molecule has 1 aromatic rings. The van der Waals surface area contributed by atoms with Crippen molar-refractivity contribution in [1.82, 2.24) is 0 Å². The van der Waals surface area contributed by atoms with Gasteiger partial charge in [-0.3, -0.25) is 4.79 Å². The van der Waals surface area contributed by atoms with Crippen molar-refractivity contribution in [3.63, 3.8) is 0 Å². The number of rotatable bonds is 3. The molecule has 0 unspecified atom stereocenters. The molecule has 1 amide bonds. The Kier molecular flexibility index (Phi) is 4.55. The van der Waals surface area contributed by atoms with Crippen molar-refractivity contribution in [2.75, 3.05) is 19.0 Å². The molecule has 1 fully saturated rings. The highest BCUT2D eigenvalue weighted by molar-refractivity contribution is 9.10. The molecule has 0 spiro atoms. The second-order valence-electron chi connectivity index (χ2n) is 4.17. The van der Waals surface area contributed by atoms with Crippen molar-refractivity contribution in [2.24, 2.45) is 0 Å². The molecule has 1 heterocycles. The lowest BCUT2D eigenvalue weighted by atomic mass is 10.1. The standard InChI is InChI=1S/C13H14BrNO4/c1-18-13(17)9-5-4-8(14)7-10(9)15-12(16)11-3-2-6-19-11/h4-5,7,11H,2-3,6H2,1H3,(H,15,16)/t11-/m1/s1. The van der Waals surface area contributed by atoms with Crippen molar-refractivity contribution in [1.29, 1.82) is 0 Å². The SMILES string of the molecule is COC(=O)c1ccc(Br)cc1NC(=O)[C@H]1CCCO1. The van der Waals surface area contributed by atoms with E-state index in [1.807, 2.05) is 0 Å². The van der Waals surface area contributed by atoms with Crippen LogP contribution in [0.1, 0.15) is 23.2 Å². The van der Waals surface area contributed by atoms with Crippen LogP contribution in [0.3, 0.4) is 0 Å². The number of halogens is 1. The fraction of sp³-hybridized carbons (Fsp3) is 0.385. The topological polar surface area (TPSA) is 64.6 Å². The van der Waals surface area contributed by atoms with Crippen LogP contribution in [-0.2, 0) is 14.3 Å². The van der Waals surface area contributed by atoms with Crippen molar-refractivity contribution in [3.8, 4) is 0 Å². The van der Waals surface area contributed by atoms with Crippen molar-refractivity contribution in [3.05, 3.63) is 28.2 Å². The molecule has 1 atom stereocenters. The summed E-state index contributed by atoms with van der Waals surface area (Å²) in [5.41, 5.74) is 0.735. The predicted molar refractivity (Wildman–Crippen MR) is 73.1 cm³/mol. The van der Waals surface area contributed by atoms with E-state index in [0.717, 1.165) is 10.9 Å². The Morgan fingerprint density at radius 1 is 1.47 bits per heavy atom. The summed E-state index contributed by atoms with van der Waals surface area (Å²) in [6, 6.07) is 4.98. The van der Waals surface area contributed by atoms with Gasteiger partial charge in [0.05, 0.1) is 18.4 Å². The van der Waals surface area contributed by atoms with E-state index in [2.05, 4.69) is 26.0 Å². The lowest BCUT2D eigenvalue weighted by Gasteiger charge is -2.13. The number of benzene rings is 1. The number of methoxy groups -OCH3 is 1. The summed E-state index contributed by atoms with van der Waals surface area (Å²) in [5, 5.41) is 2.71.